The molecule has 0 aliphatic heterocycles. The largest absolute Gasteiger partial charge is 0.462 e. The Kier molecular flexibility index (Phi) is 63.7. The maximum Gasteiger partial charge on any atom is 0.306 e. The predicted molar refractivity (Wildman–Crippen MR) is 344 cm³/mol. The minimum absolute atomic E-state index is 0.0828. The van der Waals surface area contributed by atoms with Crippen LogP contribution in [0.25, 0.3) is 0 Å². The van der Waals surface area contributed by atoms with E-state index < -0.39 is 6.10 Å². The fourth-order valence-electron chi connectivity index (χ4n) is 9.54. The minimum atomic E-state index is -0.788. The van der Waals surface area contributed by atoms with Crippen LogP contribution in [0.1, 0.15) is 329 Å². The third kappa shape index (κ3) is 65.0. The van der Waals surface area contributed by atoms with Gasteiger partial charge in [-0.15, -0.1) is 0 Å². The van der Waals surface area contributed by atoms with Crippen LogP contribution in [0.5, 0.6) is 0 Å². The summed E-state index contributed by atoms with van der Waals surface area (Å²) in [5, 5.41) is 0. The Hall–Kier alpha value is -3.67. The van der Waals surface area contributed by atoms with Gasteiger partial charge in [-0.25, -0.2) is 0 Å². The Morgan fingerprint density at radius 3 is 0.772 bits per heavy atom. The van der Waals surface area contributed by atoms with Crippen molar-refractivity contribution in [1.82, 2.24) is 0 Å². The van der Waals surface area contributed by atoms with Crippen molar-refractivity contribution in [3.63, 3.8) is 0 Å². The average Bonchev–Trinajstić information content (AvgIpc) is 3.45. The van der Waals surface area contributed by atoms with Crippen molar-refractivity contribution in [2.45, 2.75) is 335 Å². The summed E-state index contributed by atoms with van der Waals surface area (Å²) in [5.74, 6) is -0.891. The van der Waals surface area contributed by atoms with E-state index in [9.17, 15) is 14.4 Å². The number of hydrogen-bond acceptors (Lipinski definition) is 6. The standard InChI is InChI=1S/C73H126O6/c1-4-7-10-13-16-19-22-24-26-28-30-32-33-34-35-36-37-38-39-41-42-44-46-48-51-54-57-60-63-66-72(75)78-69-70(68-77-71(74)65-62-59-56-53-50-21-18-15-12-9-6-3)79-73(76)67-64-61-58-55-52-49-47-45-43-40-31-29-27-25-23-20-17-14-11-8-5-2/h8,11,17,20,22,24-25,27-28,30-31,33-34,40,45,47,70H,4-7,9-10,12-16,18-19,21,23,26,29,32,35-39,41-44,46,48-69H2,1-3H3/b11-8-,20-17-,24-22-,27-25-,30-28-,34-33-,40-31-,47-45-. The minimum Gasteiger partial charge on any atom is -0.462 e. The molecule has 6 nitrogen and oxygen atoms in total. The van der Waals surface area contributed by atoms with E-state index in [1.54, 1.807) is 0 Å². The van der Waals surface area contributed by atoms with Gasteiger partial charge in [0.2, 0.25) is 0 Å². The zero-order valence-electron chi connectivity index (χ0n) is 52.1. The number of hydrogen-bond donors (Lipinski definition) is 0. The first-order valence-corrected chi connectivity index (χ1v) is 33.7. The highest BCUT2D eigenvalue weighted by Crippen LogP contribution is 2.17. The summed E-state index contributed by atoms with van der Waals surface area (Å²) in [7, 11) is 0. The molecule has 0 spiro atoms. The molecule has 0 fully saturated rings. The molecule has 1 atom stereocenters. The molecule has 0 N–H and O–H groups in total. The number of unbranched alkanes of at least 4 members (excludes halogenated alkanes) is 34. The van der Waals surface area contributed by atoms with Gasteiger partial charge in [0, 0.05) is 19.3 Å². The highest BCUT2D eigenvalue weighted by atomic mass is 16.6. The predicted octanol–water partition coefficient (Wildman–Crippen LogP) is 23.2. The zero-order valence-corrected chi connectivity index (χ0v) is 52.1. The number of carbonyl (C=O) groups is 3. The Labute approximate surface area is 489 Å². The topological polar surface area (TPSA) is 78.9 Å². The molecule has 0 aromatic rings. The second-order valence-corrected chi connectivity index (χ2v) is 22.4. The lowest BCUT2D eigenvalue weighted by atomic mass is 10.0. The van der Waals surface area contributed by atoms with Crippen LogP contribution >= 0.6 is 0 Å². The SMILES string of the molecule is CC/C=C\C/C=C\C/C=C\C/C=C\C/C=C\CCCCCCCC(=O)OC(COC(=O)CCCCCCCCCCCCC)COC(=O)CCCCCCCCCCCCCCCC/C=C\C/C=C\C/C=C\CCCCCCC. The quantitative estimate of drug-likeness (QED) is 0.0261. The van der Waals surface area contributed by atoms with Crippen molar-refractivity contribution >= 4 is 17.9 Å². The molecular formula is C73H126O6. The summed E-state index contributed by atoms with van der Waals surface area (Å²) < 4.78 is 16.9. The van der Waals surface area contributed by atoms with E-state index >= 15 is 0 Å². The van der Waals surface area contributed by atoms with Crippen LogP contribution in [0.2, 0.25) is 0 Å². The first-order chi connectivity index (χ1) is 39.0. The molecule has 0 bridgehead atoms. The van der Waals surface area contributed by atoms with Crippen LogP contribution in [-0.2, 0) is 28.6 Å². The molecule has 0 aliphatic carbocycles. The fraction of sp³-hybridized carbons (Fsp3) is 0.740. The van der Waals surface area contributed by atoms with Crippen LogP contribution in [0.4, 0.5) is 0 Å². The van der Waals surface area contributed by atoms with E-state index in [0.29, 0.717) is 19.3 Å². The Morgan fingerprint density at radius 1 is 0.266 bits per heavy atom. The van der Waals surface area contributed by atoms with Crippen molar-refractivity contribution in [1.29, 1.82) is 0 Å². The highest BCUT2D eigenvalue weighted by molar-refractivity contribution is 5.71. The number of allylic oxidation sites excluding steroid dienone is 16. The second-order valence-electron chi connectivity index (χ2n) is 22.4. The number of carbonyl (C=O) groups excluding carboxylic acids is 3. The summed E-state index contributed by atoms with van der Waals surface area (Å²) in [6.07, 6.45) is 90.0. The highest BCUT2D eigenvalue weighted by Gasteiger charge is 2.19. The molecule has 0 amide bonds. The molecule has 1 unspecified atom stereocenters. The molecule has 0 heterocycles. The Morgan fingerprint density at radius 2 is 0.494 bits per heavy atom. The first-order valence-electron chi connectivity index (χ1n) is 33.7. The monoisotopic (exact) mass is 1100 g/mol. The van der Waals surface area contributed by atoms with Crippen LogP contribution < -0.4 is 0 Å². The number of rotatable bonds is 61. The van der Waals surface area contributed by atoms with Gasteiger partial charge in [-0.05, 0) is 103 Å². The molecule has 454 valence electrons. The molecule has 0 aromatic heterocycles. The van der Waals surface area contributed by atoms with Gasteiger partial charge in [0.05, 0.1) is 0 Å². The zero-order chi connectivity index (χ0) is 57.1. The van der Waals surface area contributed by atoms with E-state index in [-0.39, 0.29) is 31.1 Å². The van der Waals surface area contributed by atoms with E-state index in [4.69, 9.17) is 14.2 Å². The summed E-state index contributed by atoms with van der Waals surface area (Å²) in [6, 6.07) is 0. The van der Waals surface area contributed by atoms with Crippen LogP contribution in [-0.4, -0.2) is 37.2 Å². The van der Waals surface area contributed by atoms with Gasteiger partial charge in [0.15, 0.2) is 6.10 Å². The normalized spacial score (nSPS) is 12.7. The number of esters is 3. The Bertz CT molecular complexity index is 1540. The number of ether oxygens (including phenoxy) is 3. The van der Waals surface area contributed by atoms with E-state index in [0.717, 1.165) is 122 Å². The van der Waals surface area contributed by atoms with Gasteiger partial charge < -0.3 is 14.2 Å². The maximum absolute atomic E-state index is 12.9. The van der Waals surface area contributed by atoms with Gasteiger partial charge in [-0.1, -0.05) is 304 Å². The second kappa shape index (κ2) is 66.8. The smallest absolute Gasteiger partial charge is 0.306 e. The molecule has 6 heteroatoms. The molecule has 0 saturated carbocycles. The first kappa shape index (κ1) is 75.3. The molecule has 0 radical (unpaired) electrons. The van der Waals surface area contributed by atoms with Crippen LogP contribution in [0.15, 0.2) is 97.2 Å². The maximum atomic E-state index is 12.9. The van der Waals surface area contributed by atoms with Crippen molar-refractivity contribution in [3.8, 4) is 0 Å². The molecule has 0 aliphatic rings. The van der Waals surface area contributed by atoms with Crippen molar-refractivity contribution in [2.75, 3.05) is 13.2 Å². The fourth-order valence-corrected chi connectivity index (χ4v) is 9.54. The van der Waals surface area contributed by atoms with Crippen molar-refractivity contribution in [3.05, 3.63) is 97.2 Å². The lowest BCUT2D eigenvalue weighted by molar-refractivity contribution is -0.167. The van der Waals surface area contributed by atoms with Gasteiger partial charge in [0.1, 0.15) is 13.2 Å². The average molecular weight is 1100 g/mol. The van der Waals surface area contributed by atoms with Crippen LogP contribution in [0.3, 0.4) is 0 Å². The Balaban J connectivity index is 4.25. The van der Waals surface area contributed by atoms with Crippen molar-refractivity contribution in [2.24, 2.45) is 0 Å². The molecule has 0 rings (SSSR count). The van der Waals surface area contributed by atoms with Gasteiger partial charge >= 0.3 is 17.9 Å². The molecule has 0 saturated heterocycles. The lowest BCUT2D eigenvalue weighted by Gasteiger charge is -2.18. The van der Waals surface area contributed by atoms with Gasteiger partial charge in [-0.3, -0.25) is 14.4 Å². The van der Waals surface area contributed by atoms with Crippen LogP contribution in [0, 0.1) is 0 Å². The molecular weight excluding hydrogens is 973 g/mol. The van der Waals surface area contributed by atoms with Crippen molar-refractivity contribution < 1.29 is 28.6 Å². The van der Waals surface area contributed by atoms with Gasteiger partial charge in [-0.2, -0.15) is 0 Å². The lowest BCUT2D eigenvalue weighted by Crippen LogP contribution is -2.30. The van der Waals surface area contributed by atoms with E-state index in [1.165, 1.54) is 167 Å². The van der Waals surface area contributed by atoms with E-state index in [1.807, 2.05) is 0 Å². The third-order valence-electron chi connectivity index (χ3n) is 14.6. The summed E-state index contributed by atoms with van der Waals surface area (Å²) in [6.45, 7) is 6.52. The summed E-state index contributed by atoms with van der Waals surface area (Å²) in [5.41, 5.74) is 0. The van der Waals surface area contributed by atoms with E-state index in [2.05, 4.69) is 118 Å². The summed E-state index contributed by atoms with van der Waals surface area (Å²) >= 11 is 0. The molecule has 79 heavy (non-hydrogen) atoms. The third-order valence-corrected chi connectivity index (χ3v) is 14.6. The molecule has 0 aromatic carbocycles. The summed E-state index contributed by atoms with van der Waals surface area (Å²) in [4.78, 5) is 38.3. The van der Waals surface area contributed by atoms with Gasteiger partial charge in [0.25, 0.3) is 0 Å².